The molecule has 5 heterocycles. The van der Waals surface area contributed by atoms with Crippen LogP contribution in [0.4, 0.5) is 34.6 Å². The minimum absolute atomic E-state index is 0.127. The van der Waals surface area contributed by atoms with E-state index in [4.69, 9.17) is 16.2 Å². The van der Waals surface area contributed by atoms with Crippen molar-refractivity contribution >= 4 is 57.7 Å². The van der Waals surface area contributed by atoms with E-state index in [1.54, 1.807) is 14.1 Å². The number of azo groups is 2. The van der Waals surface area contributed by atoms with E-state index in [-0.39, 0.29) is 34.4 Å². The molecular weight excluding hydrogens is 656 g/mol. The average Bonchev–Trinajstić information content (AvgIpc) is 3.92. The first-order chi connectivity index (χ1) is 23.6. The molecule has 0 aliphatic rings. The smallest absolute Gasteiger partial charge is 0.343 e. The monoisotopic (exact) mass is 692 g/mol. The molecule has 0 radical (unpaired) electrons. The number of methoxy groups -OCH3 is 1. The number of anilines is 2. The molecule has 5 aromatic heterocycles. The molecule has 5 rings (SSSR count). The number of aromatic nitrogens is 10. The van der Waals surface area contributed by atoms with Crippen LogP contribution in [0.25, 0.3) is 10.3 Å². The molecule has 21 heteroatoms. The summed E-state index contributed by atoms with van der Waals surface area (Å²) in [4.78, 5) is 24.4. The molecule has 5 aromatic rings. The fraction of sp³-hybridized carbons (Fsp3) is 0.429. The number of carbonyl (C=O) groups is 2. The predicted molar refractivity (Wildman–Crippen MR) is 178 cm³/mol. The van der Waals surface area contributed by atoms with Gasteiger partial charge in [0.1, 0.15) is 12.2 Å². The molecule has 0 saturated heterocycles. The number of nitrogen functional groups attached to an aromatic ring is 2. The Balaban J connectivity index is 1.52. The van der Waals surface area contributed by atoms with Crippen LogP contribution in [0, 0.1) is 0 Å². The van der Waals surface area contributed by atoms with Crippen LogP contribution in [-0.2, 0) is 31.7 Å². The standard InChI is InChI=1S/C28H36N16O4S/c1-6-8-10-17-20(33-35-24-15(19(46)14-45)12-31-41(24)3)22(29)43(39-17)27-37-38-28(49-27)44-23(30)21(18(40-44)11-9-7-2)34-36-25-16(26(47)48-5)13-32-42(25)4/h12-13,45H,6-11,14,29-30H2,1-5H3/b35-33+,36-34+. The Bertz CT molecular complexity index is 1890. The number of Topliss-reactive ketones (excluding diaryl/α,β-unsaturated/α-hetero) is 1. The lowest BCUT2D eigenvalue weighted by atomic mass is 10.2. The van der Waals surface area contributed by atoms with Crippen LogP contribution in [0.2, 0.25) is 0 Å². The van der Waals surface area contributed by atoms with Crippen molar-refractivity contribution in [2.75, 3.05) is 25.2 Å². The molecular formula is C28H36N16O4S. The quantitative estimate of drug-likeness (QED) is 0.0798. The van der Waals surface area contributed by atoms with Gasteiger partial charge < -0.3 is 21.3 Å². The maximum Gasteiger partial charge on any atom is 0.343 e. The van der Waals surface area contributed by atoms with Crippen LogP contribution in [0.15, 0.2) is 32.9 Å². The second-order valence-corrected chi connectivity index (χ2v) is 11.7. The van der Waals surface area contributed by atoms with Crippen LogP contribution in [0.5, 0.6) is 0 Å². The molecule has 49 heavy (non-hydrogen) atoms. The predicted octanol–water partition coefficient (Wildman–Crippen LogP) is 4.02. The first kappa shape index (κ1) is 34.6. The Labute approximate surface area is 283 Å². The van der Waals surface area contributed by atoms with Gasteiger partial charge in [-0.2, -0.15) is 29.8 Å². The second-order valence-electron chi connectivity index (χ2n) is 10.7. The minimum atomic E-state index is -0.693. The number of ketones is 1. The number of rotatable bonds is 15. The van der Waals surface area contributed by atoms with Gasteiger partial charge in [-0.1, -0.05) is 38.0 Å². The van der Waals surface area contributed by atoms with Crippen molar-refractivity contribution in [3.05, 3.63) is 34.9 Å². The number of nitrogens with zero attached hydrogens (tertiary/aromatic N) is 14. The van der Waals surface area contributed by atoms with E-state index in [0.29, 0.717) is 45.9 Å². The van der Waals surface area contributed by atoms with Gasteiger partial charge in [-0.15, -0.1) is 30.7 Å². The van der Waals surface area contributed by atoms with E-state index in [1.165, 1.54) is 38.2 Å². The molecule has 0 aliphatic heterocycles. The van der Waals surface area contributed by atoms with Crippen LogP contribution >= 0.6 is 11.3 Å². The fourth-order valence-corrected chi connectivity index (χ4v) is 5.46. The lowest BCUT2D eigenvalue weighted by molar-refractivity contribution is 0.0601. The van der Waals surface area contributed by atoms with E-state index in [1.807, 2.05) is 6.92 Å². The summed E-state index contributed by atoms with van der Waals surface area (Å²) in [6.07, 6.45) is 7.20. The van der Waals surface area contributed by atoms with Crippen molar-refractivity contribution in [3.8, 4) is 10.3 Å². The van der Waals surface area contributed by atoms with Gasteiger partial charge in [-0.05, 0) is 25.7 Å². The Kier molecular flexibility index (Phi) is 10.6. The number of hydrogen-bond acceptors (Lipinski definition) is 17. The number of nitrogens with two attached hydrogens (primary N) is 2. The molecule has 0 saturated carbocycles. The molecule has 0 bridgehead atoms. The fourth-order valence-electron chi connectivity index (χ4n) is 4.68. The zero-order chi connectivity index (χ0) is 35.2. The van der Waals surface area contributed by atoms with Crippen molar-refractivity contribution in [2.24, 2.45) is 34.6 Å². The maximum absolute atomic E-state index is 12.2. The summed E-state index contributed by atoms with van der Waals surface area (Å²) in [5, 5.41) is 53.4. The number of aryl methyl sites for hydroxylation is 4. The highest BCUT2D eigenvalue weighted by atomic mass is 32.1. The van der Waals surface area contributed by atoms with E-state index in [2.05, 4.69) is 58.0 Å². The number of ether oxygens (including phenoxy) is 1. The van der Waals surface area contributed by atoms with Crippen molar-refractivity contribution in [3.63, 3.8) is 0 Å². The van der Waals surface area contributed by atoms with Gasteiger partial charge in [0.05, 0.1) is 36.5 Å². The molecule has 0 aliphatic carbocycles. The summed E-state index contributed by atoms with van der Waals surface area (Å²) in [5.74, 6) is -0.468. The molecule has 0 amide bonds. The van der Waals surface area contributed by atoms with Crippen LogP contribution in [0.3, 0.4) is 0 Å². The number of carbonyl (C=O) groups excluding carboxylic acids is 2. The van der Waals surface area contributed by atoms with Crippen LogP contribution in [-0.4, -0.2) is 79.9 Å². The van der Waals surface area contributed by atoms with Crippen LogP contribution < -0.4 is 11.5 Å². The van der Waals surface area contributed by atoms with Gasteiger partial charge in [0.15, 0.2) is 40.4 Å². The van der Waals surface area contributed by atoms with Gasteiger partial charge in [0.25, 0.3) is 0 Å². The van der Waals surface area contributed by atoms with E-state index < -0.39 is 18.4 Å². The Morgan fingerprint density at radius 3 is 1.73 bits per heavy atom. The zero-order valence-corrected chi connectivity index (χ0v) is 28.4. The average molecular weight is 693 g/mol. The van der Waals surface area contributed by atoms with Gasteiger partial charge in [0, 0.05) is 14.1 Å². The van der Waals surface area contributed by atoms with Crippen molar-refractivity contribution < 1.29 is 19.4 Å². The van der Waals surface area contributed by atoms with E-state index in [0.717, 1.165) is 37.0 Å². The highest BCUT2D eigenvalue weighted by Crippen LogP contribution is 2.36. The van der Waals surface area contributed by atoms with Crippen LogP contribution in [0.1, 0.15) is 71.6 Å². The van der Waals surface area contributed by atoms with Gasteiger partial charge in [0.2, 0.25) is 10.3 Å². The van der Waals surface area contributed by atoms with Crippen molar-refractivity contribution in [2.45, 2.75) is 52.4 Å². The summed E-state index contributed by atoms with van der Waals surface area (Å²) < 4.78 is 10.4. The molecule has 5 N–H and O–H groups in total. The highest BCUT2D eigenvalue weighted by Gasteiger charge is 2.24. The maximum atomic E-state index is 12.2. The molecule has 0 fully saturated rings. The lowest BCUT2D eigenvalue weighted by Crippen LogP contribution is -2.03. The Hall–Kier alpha value is -5.70. The lowest BCUT2D eigenvalue weighted by Gasteiger charge is -2.00. The normalized spacial score (nSPS) is 11.8. The number of hydrogen-bond donors (Lipinski definition) is 3. The highest BCUT2D eigenvalue weighted by molar-refractivity contribution is 7.16. The number of aliphatic hydroxyl groups is 1. The van der Waals surface area contributed by atoms with Gasteiger partial charge in [-0.25, -0.2) is 14.2 Å². The number of esters is 1. The largest absolute Gasteiger partial charge is 0.465 e. The van der Waals surface area contributed by atoms with Crippen molar-refractivity contribution in [1.82, 2.24) is 49.3 Å². The minimum Gasteiger partial charge on any atom is -0.465 e. The molecule has 20 nitrogen and oxygen atoms in total. The molecule has 0 aromatic carbocycles. The van der Waals surface area contributed by atoms with Gasteiger partial charge in [-0.3, -0.25) is 4.79 Å². The zero-order valence-electron chi connectivity index (χ0n) is 27.6. The summed E-state index contributed by atoms with van der Waals surface area (Å²) in [6, 6.07) is 0. The Morgan fingerprint density at radius 1 is 0.816 bits per heavy atom. The number of aliphatic hydroxyl groups excluding tert-OH is 1. The van der Waals surface area contributed by atoms with E-state index >= 15 is 0 Å². The first-order valence-corrected chi connectivity index (χ1v) is 16.1. The third kappa shape index (κ3) is 6.97. The summed E-state index contributed by atoms with van der Waals surface area (Å²) in [7, 11) is 4.51. The first-order valence-electron chi connectivity index (χ1n) is 15.3. The summed E-state index contributed by atoms with van der Waals surface area (Å²) >= 11 is 1.13. The molecule has 0 atom stereocenters. The SMILES string of the molecule is CCCCc1nn(-c2nnc(-n3nc(CCCC)c(/N=N/c4c(C(=O)OC)cnn4C)c3N)s2)c(N)c1/N=N/c1c(C(=O)CO)cnn1C. The Morgan fingerprint density at radius 2 is 1.29 bits per heavy atom. The molecule has 258 valence electrons. The summed E-state index contributed by atoms with van der Waals surface area (Å²) in [5.41, 5.74) is 15.2. The summed E-state index contributed by atoms with van der Waals surface area (Å²) in [6.45, 7) is 3.41. The van der Waals surface area contributed by atoms with Crippen molar-refractivity contribution in [1.29, 1.82) is 0 Å². The molecule has 0 spiro atoms. The molecule has 0 unspecified atom stereocenters. The third-order valence-corrected chi connectivity index (χ3v) is 8.26. The van der Waals surface area contributed by atoms with E-state index in [9.17, 15) is 14.7 Å². The second kappa shape index (κ2) is 15.0. The van der Waals surface area contributed by atoms with Gasteiger partial charge >= 0.3 is 5.97 Å². The third-order valence-electron chi connectivity index (χ3n) is 7.38. The number of unbranched alkanes of at least 4 members (excludes halogenated alkanes) is 2. The topological polar surface area (TPSA) is 262 Å².